The van der Waals surface area contributed by atoms with Gasteiger partial charge in [-0.3, -0.25) is 4.79 Å². The molecule has 1 aliphatic rings. The summed E-state index contributed by atoms with van der Waals surface area (Å²) in [5.41, 5.74) is 6.90. The Morgan fingerprint density at radius 1 is 1.61 bits per heavy atom. The maximum absolute atomic E-state index is 11.6. The summed E-state index contributed by atoms with van der Waals surface area (Å²) >= 11 is 3.33. The minimum atomic E-state index is -0.0549. The number of carbonyl (C=O) groups is 1. The van der Waals surface area contributed by atoms with E-state index in [4.69, 9.17) is 15.2 Å². The zero-order chi connectivity index (χ0) is 13.1. The van der Waals surface area contributed by atoms with E-state index in [0.717, 1.165) is 17.5 Å². The van der Waals surface area contributed by atoms with Gasteiger partial charge in [0, 0.05) is 17.0 Å². The van der Waals surface area contributed by atoms with Crippen molar-refractivity contribution in [2.45, 2.75) is 13.3 Å². The molecule has 0 aliphatic carbocycles. The van der Waals surface area contributed by atoms with Gasteiger partial charge >= 0.3 is 0 Å². The number of ketones is 1. The van der Waals surface area contributed by atoms with Gasteiger partial charge in [-0.1, -0.05) is 15.9 Å². The van der Waals surface area contributed by atoms with Crippen LogP contribution in [0.4, 0.5) is 5.69 Å². The predicted molar refractivity (Wildman–Crippen MR) is 73.0 cm³/mol. The van der Waals surface area contributed by atoms with E-state index in [1.807, 2.05) is 0 Å². The maximum Gasteiger partial charge on any atom is 0.163 e. The molecule has 0 bridgehead atoms. The third-order valence-corrected chi connectivity index (χ3v) is 3.41. The number of Topliss-reactive ketones (excluding diaryl/α,β-unsaturated/α-hetero) is 1. The molecule has 0 saturated carbocycles. The molecule has 1 heterocycles. The number of ether oxygens (including phenoxy) is 2. The van der Waals surface area contributed by atoms with Gasteiger partial charge in [-0.2, -0.15) is 0 Å². The SMILES string of the molecule is CC(=O)c1cc(Br)cc(N)c1OCC1CCOC1. The molecular weight excluding hydrogens is 298 g/mol. The van der Waals surface area contributed by atoms with Crippen LogP contribution >= 0.6 is 15.9 Å². The molecule has 1 saturated heterocycles. The van der Waals surface area contributed by atoms with Gasteiger partial charge in [-0.05, 0) is 25.5 Å². The van der Waals surface area contributed by atoms with Crippen molar-refractivity contribution in [1.29, 1.82) is 0 Å². The number of nitrogen functional groups attached to an aromatic ring is 1. The third kappa shape index (κ3) is 3.03. The van der Waals surface area contributed by atoms with Crippen LogP contribution in [0.15, 0.2) is 16.6 Å². The van der Waals surface area contributed by atoms with E-state index in [2.05, 4.69) is 15.9 Å². The van der Waals surface area contributed by atoms with E-state index < -0.39 is 0 Å². The lowest BCUT2D eigenvalue weighted by molar-refractivity contribution is 0.101. The fraction of sp³-hybridized carbons (Fsp3) is 0.462. The van der Waals surface area contributed by atoms with Crippen molar-refractivity contribution in [3.8, 4) is 5.75 Å². The summed E-state index contributed by atoms with van der Waals surface area (Å²) in [6, 6.07) is 3.48. The smallest absolute Gasteiger partial charge is 0.163 e. The minimum Gasteiger partial charge on any atom is -0.490 e. The Kier molecular flexibility index (Phi) is 4.24. The van der Waals surface area contributed by atoms with Gasteiger partial charge in [0.2, 0.25) is 0 Å². The van der Waals surface area contributed by atoms with Crippen LogP contribution < -0.4 is 10.5 Å². The van der Waals surface area contributed by atoms with Crippen LogP contribution in [-0.4, -0.2) is 25.6 Å². The lowest BCUT2D eigenvalue weighted by Crippen LogP contribution is -2.14. The standard InChI is InChI=1S/C13H16BrNO3/c1-8(16)11-4-10(14)5-12(15)13(11)18-7-9-2-3-17-6-9/h4-5,9H,2-3,6-7,15H2,1H3. The quantitative estimate of drug-likeness (QED) is 0.685. The highest BCUT2D eigenvalue weighted by Crippen LogP contribution is 2.31. The number of benzene rings is 1. The van der Waals surface area contributed by atoms with Crippen LogP contribution in [0.5, 0.6) is 5.75 Å². The van der Waals surface area contributed by atoms with Gasteiger partial charge in [0.05, 0.1) is 24.5 Å². The molecule has 1 aliphatic heterocycles. The number of carbonyl (C=O) groups excluding carboxylic acids is 1. The van der Waals surface area contributed by atoms with Crippen molar-refractivity contribution in [2.75, 3.05) is 25.6 Å². The van der Waals surface area contributed by atoms with Crippen LogP contribution in [0.25, 0.3) is 0 Å². The Morgan fingerprint density at radius 2 is 2.39 bits per heavy atom. The van der Waals surface area contributed by atoms with E-state index in [1.165, 1.54) is 6.92 Å². The predicted octanol–water partition coefficient (Wildman–Crippen LogP) is 2.65. The first kappa shape index (κ1) is 13.4. The Morgan fingerprint density at radius 3 is 3.00 bits per heavy atom. The van der Waals surface area contributed by atoms with E-state index in [-0.39, 0.29) is 5.78 Å². The van der Waals surface area contributed by atoms with E-state index in [0.29, 0.717) is 36.1 Å². The summed E-state index contributed by atoms with van der Waals surface area (Å²) in [5, 5.41) is 0. The van der Waals surface area contributed by atoms with Gasteiger partial charge in [-0.25, -0.2) is 0 Å². The molecule has 4 nitrogen and oxygen atoms in total. The van der Waals surface area contributed by atoms with Gasteiger partial charge in [0.15, 0.2) is 11.5 Å². The molecule has 5 heteroatoms. The number of nitrogens with two attached hydrogens (primary N) is 1. The summed E-state index contributed by atoms with van der Waals surface area (Å²) < 4.78 is 11.8. The average molecular weight is 314 g/mol. The largest absolute Gasteiger partial charge is 0.490 e. The van der Waals surface area contributed by atoms with Crippen LogP contribution in [-0.2, 0) is 4.74 Å². The first-order valence-corrected chi connectivity index (χ1v) is 6.67. The maximum atomic E-state index is 11.6. The third-order valence-electron chi connectivity index (χ3n) is 2.95. The molecule has 2 N–H and O–H groups in total. The second kappa shape index (κ2) is 5.71. The average Bonchev–Trinajstić information content (AvgIpc) is 2.79. The highest BCUT2D eigenvalue weighted by atomic mass is 79.9. The van der Waals surface area contributed by atoms with Gasteiger partial charge in [0.25, 0.3) is 0 Å². The molecule has 0 aromatic heterocycles. The second-order valence-corrected chi connectivity index (χ2v) is 5.38. The number of hydrogen-bond donors (Lipinski definition) is 1. The molecule has 1 fully saturated rings. The molecule has 2 rings (SSSR count). The van der Waals surface area contributed by atoms with Gasteiger partial charge in [0.1, 0.15) is 0 Å². The molecule has 98 valence electrons. The summed E-state index contributed by atoms with van der Waals surface area (Å²) in [4.78, 5) is 11.6. The zero-order valence-electron chi connectivity index (χ0n) is 10.2. The Labute approximate surface area is 115 Å². The lowest BCUT2D eigenvalue weighted by atomic mass is 10.1. The number of rotatable bonds is 4. The Balaban J connectivity index is 2.17. The van der Waals surface area contributed by atoms with Crippen molar-refractivity contribution in [3.63, 3.8) is 0 Å². The molecule has 18 heavy (non-hydrogen) atoms. The fourth-order valence-corrected chi connectivity index (χ4v) is 2.43. The molecule has 0 radical (unpaired) electrons. The van der Waals surface area contributed by atoms with E-state index in [9.17, 15) is 4.79 Å². The highest BCUT2D eigenvalue weighted by molar-refractivity contribution is 9.10. The van der Waals surface area contributed by atoms with Crippen molar-refractivity contribution in [3.05, 3.63) is 22.2 Å². The monoisotopic (exact) mass is 313 g/mol. The zero-order valence-corrected chi connectivity index (χ0v) is 11.8. The summed E-state index contributed by atoms with van der Waals surface area (Å²) in [5.74, 6) is 0.811. The molecule has 0 spiro atoms. The first-order chi connectivity index (χ1) is 8.58. The molecule has 1 aromatic rings. The van der Waals surface area contributed by atoms with E-state index >= 15 is 0 Å². The van der Waals surface area contributed by atoms with Crippen molar-refractivity contribution in [1.82, 2.24) is 0 Å². The number of halogens is 1. The number of anilines is 1. The Hall–Kier alpha value is -1.07. The summed E-state index contributed by atoms with van der Waals surface area (Å²) in [6.07, 6.45) is 0.992. The van der Waals surface area contributed by atoms with Gasteiger partial charge < -0.3 is 15.2 Å². The van der Waals surface area contributed by atoms with Crippen molar-refractivity contribution >= 4 is 27.4 Å². The van der Waals surface area contributed by atoms with Crippen LogP contribution in [0.2, 0.25) is 0 Å². The molecular formula is C13H16BrNO3. The lowest BCUT2D eigenvalue weighted by Gasteiger charge is -2.15. The molecule has 1 aromatic carbocycles. The summed E-state index contributed by atoms with van der Waals surface area (Å²) in [6.45, 7) is 3.54. The first-order valence-electron chi connectivity index (χ1n) is 5.88. The minimum absolute atomic E-state index is 0.0549. The second-order valence-electron chi connectivity index (χ2n) is 4.47. The highest BCUT2D eigenvalue weighted by Gasteiger charge is 2.19. The normalized spacial score (nSPS) is 18.9. The number of hydrogen-bond acceptors (Lipinski definition) is 4. The topological polar surface area (TPSA) is 61.6 Å². The van der Waals surface area contributed by atoms with Crippen molar-refractivity contribution < 1.29 is 14.3 Å². The Bertz CT molecular complexity index is 456. The molecule has 1 unspecified atom stereocenters. The molecule has 1 atom stereocenters. The van der Waals surface area contributed by atoms with Crippen LogP contribution in [0.3, 0.4) is 0 Å². The summed E-state index contributed by atoms with van der Waals surface area (Å²) in [7, 11) is 0. The van der Waals surface area contributed by atoms with Crippen LogP contribution in [0.1, 0.15) is 23.7 Å². The van der Waals surface area contributed by atoms with E-state index in [1.54, 1.807) is 12.1 Å². The van der Waals surface area contributed by atoms with Crippen molar-refractivity contribution in [2.24, 2.45) is 5.92 Å². The van der Waals surface area contributed by atoms with Crippen LogP contribution in [0, 0.1) is 5.92 Å². The fourth-order valence-electron chi connectivity index (χ4n) is 1.95. The molecule has 0 amide bonds. The van der Waals surface area contributed by atoms with Gasteiger partial charge in [-0.15, -0.1) is 0 Å².